The van der Waals surface area contributed by atoms with Crippen LogP contribution in [0.25, 0.3) is 0 Å². The SMILES string of the molecule is CC(=O)O[C@H]1C(=O)[C@]2(C)[C@@H](OC(=O)OCc3ccccc3)CC3OC[C@@]3(O)[C@H]2[C@H](O)[C@]2(O)C[C@H](OC(=O)[C@H](O[Si](C)(C)C(C)(C)C)[C@@H](NC(=O)c3ccccc3)c3ccccc3)C(C)=C1C2(C)C. The summed E-state index contributed by atoms with van der Waals surface area (Å²) in [7, 11) is -2.89. The molecule has 0 radical (unpaired) electrons. The molecular formula is C52H65NO14Si. The molecule has 2 bridgehead atoms. The van der Waals surface area contributed by atoms with Crippen LogP contribution in [-0.2, 0) is 49.1 Å². The Morgan fingerprint density at radius 1 is 0.882 bits per heavy atom. The number of rotatable bonds is 12. The number of carbonyl (C=O) groups excluding carboxylic acids is 5. The first-order chi connectivity index (χ1) is 31.8. The zero-order valence-electron chi connectivity index (χ0n) is 40.4. The van der Waals surface area contributed by atoms with Crippen molar-refractivity contribution in [3.63, 3.8) is 0 Å². The molecule has 4 N–H and O–H groups in total. The van der Waals surface area contributed by atoms with Crippen molar-refractivity contribution in [2.24, 2.45) is 16.7 Å². The number of hydrogen-bond donors (Lipinski definition) is 4. The van der Waals surface area contributed by atoms with Gasteiger partial charge in [-0.15, -0.1) is 0 Å². The Hall–Kier alpha value is -5.23. The lowest BCUT2D eigenvalue weighted by Crippen LogP contribution is -2.81. The van der Waals surface area contributed by atoms with Gasteiger partial charge in [-0.1, -0.05) is 113 Å². The molecule has 1 heterocycles. The molecule has 1 saturated heterocycles. The second kappa shape index (κ2) is 18.6. The van der Waals surface area contributed by atoms with E-state index < -0.39 is 120 Å². The summed E-state index contributed by atoms with van der Waals surface area (Å²) in [6.07, 6.45) is -10.9. The Kier molecular flexibility index (Phi) is 13.8. The summed E-state index contributed by atoms with van der Waals surface area (Å²) in [5, 5.41) is 41.5. The number of esters is 2. The summed E-state index contributed by atoms with van der Waals surface area (Å²) in [6.45, 7) is 16.7. The molecular weight excluding hydrogens is 891 g/mol. The molecule has 2 saturated carbocycles. The van der Waals surface area contributed by atoms with Gasteiger partial charge in [0, 0.05) is 36.7 Å². The number of hydrogen-bond acceptors (Lipinski definition) is 14. The van der Waals surface area contributed by atoms with Crippen LogP contribution in [0.1, 0.15) is 95.8 Å². The Morgan fingerprint density at radius 3 is 2.03 bits per heavy atom. The van der Waals surface area contributed by atoms with Crippen LogP contribution in [0.3, 0.4) is 0 Å². The smallest absolute Gasteiger partial charge is 0.456 e. The van der Waals surface area contributed by atoms with Crippen LogP contribution >= 0.6 is 0 Å². The summed E-state index contributed by atoms with van der Waals surface area (Å²) < 4.78 is 36.6. The van der Waals surface area contributed by atoms with Crippen LogP contribution in [0.5, 0.6) is 0 Å². The standard InChI is InChI=1S/C52H65NO14Si/c1-30-35(65-46(58)41(67-68(9,10)48(3,4)5)39(33-22-16-12-17-23-33)53-45(57)34-24-18-13-19-25-34)27-52(61)44(56)42-50(8,43(55)40(64-31(2)54)38(30)49(52,6)7)36(26-37-51(42,60)29-63-37)66-47(59)62-28-32-20-14-11-15-21-32/h11-25,35-37,39-42,44,56,60-61H,26-29H2,1-10H3,(H,53,57)/t35-,36-,37?,39-,40+,41+,42-,44-,50+,51-,52+/m0/s1. The largest absolute Gasteiger partial charge is 0.508 e. The first kappa shape index (κ1) is 50.6. The van der Waals surface area contributed by atoms with Gasteiger partial charge in [-0.2, -0.15) is 0 Å². The molecule has 7 rings (SSSR count). The molecule has 15 nitrogen and oxygen atoms in total. The molecule has 3 aromatic carbocycles. The van der Waals surface area contributed by atoms with Gasteiger partial charge in [-0.05, 0) is 66.4 Å². The summed E-state index contributed by atoms with van der Waals surface area (Å²) in [4.78, 5) is 71.5. The van der Waals surface area contributed by atoms with Crippen LogP contribution in [0, 0.1) is 16.7 Å². The quantitative estimate of drug-likeness (QED) is 0.0645. The van der Waals surface area contributed by atoms with E-state index in [4.69, 9.17) is 28.1 Å². The molecule has 0 aromatic heterocycles. The van der Waals surface area contributed by atoms with Crippen LogP contribution in [0.2, 0.25) is 18.1 Å². The van der Waals surface area contributed by atoms with E-state index in [0.717, 1.165) is 6.92 Å². The molecule has 3 aromatic rings. The summed E-state index contributed by atoms with van der Waals surface area (Å²) in [5.74, 6) is -4.70. The van der Waals surface area contributed by atoms with Crippen LogP contribution in [0.4, 0.5) is 4.79 Å². The third-order valence-corrected chi connectivity index (χ3v) is 20.0. The van der Waals surface area contributed by atoms with Gasteiger partial charge in [0.2, 0.25) is 0 Å². The maximum Gasteiger partial charge on any atom is 0.508 e. The Labute approximate surface area is 398 Å². The topological polar surface area (TPSA) is 213 Å². The highest BCUT2D eigenvalue weighted by Gasteiger charge is 2.76. The Balaban J connectivity index is 1.33. The van der Waals surface area contributed by atoms with Crippen LogP contribution < -0.4 is 5.32 Å². The number of aliphatic hydroxyl groups is 3. The normalized spacial score (nSPS) is 30.7. The van der Waals surface area contributed by atoms with E-state index in [-0.39, 0.29) is 30.8 Å². The molecule has 4 aliphatic rings. The highest BCUT2D eigenvalue weighted by Crippen LogP contribution is 2.63. The number of Topliss-reactive ketones (excluding diaryl/α,β-unsaturated/α-hetero) is 1. The molecule has 3 aliphatic carbocycles. The van der Waals surface area contributed by atoms with Crippen molar-refractivity contribution >= 4 is 38.1 Å². The van der Waals surface area contributed by atoms with Crippen molar-refractivity contribution in [3.8, 4) is 0 Å². The average molecular weight is 956 g/mol. The highest BCUT2D eigenvalue weighted by molar-refractivity contribution is 6.74. The fraction of sp³-hybridized carbons (Fsp3) is 0.519. The molecule has 68 heavy (non-hydrogen) atoms. The van der Waals surface area contributed by atoms with Gasteiger partial charge in [0.25, 0.3) is 5.91 Å². The molecule has 1 unspecified atom stereocenters. The number of fused-ring (bicyclic) bond motifs is 5. The fourth-order valence-corrected chi connectivity index (χ4v) is 11.7. The fourth-order valence-electron chi connectivity index (χ4n) is 10.5. The number of benzene rings is 3. The van der Waals surface area contributed by atoms with E-state index in [1.807, 2.05) is 33.9 Å². The molecule has 0 spiro atoms. The first-order valence-corrected chi connectivity index (χ1v) is 26.0. The Bertz CT molecular complexity index is 2420. The third kappa shape index (κ3) is 8.95. The lowest BCUT2D eigenvalue weighted by atomic mass is 9.45. The summed E-state index contributed by atoms with van der Waals surface area (Å²) in [6, 6.07) is 25.1. The monoisotopic (exact) mass is 955 g/mol. The van der Waals surface area contributed by atoms with Crippen molar-refractivity contribution in [1.29, 1.82) is 0 Å². The molecule has 16 heteroatoms. The van der Waals surface area contributed by atoms with Gasteiger partial charge in [0.1, 0.15) is 30.0 Å². The molecule has 1 amide bonds. The molecule has 11 atom stereocenters. The van der Waals surface area contributed by atoms with E-state index in [2.05, 4.69) is 5.32 Å². The molecule has 1 aliphatic heterocycles. The van der Waals surface area contributed by atoms with Crippen LogP contribution in [-0.4, -0.2) is 108 Å². The summed E-state index contributed by atoms with van der Waals surface area (Å²) >= 11 is 0. The minimum Gasteiger partial charge on any atom is -0.456 e. The van der Waals surface area contributed by atoms with Crippen molar-refractivity contribution in [1.82, 2.24) is 5.32 Å². The highest BCUT2D eigenvalue weighted by atomic mass is 28.4. The second-order valence-corrected chi connectivity index (χ2v) is 25.8. The van der Waals surface area contributed by atoms with E-state index in [1.54, 1.807) is 112 Å². The van der Waals surface area contributed by atoms with Crippen LogP contribution in [0.15, 0.2) is 102 Å². The van der Waals surface area contributed by atoms with Gasteiger partial charge in [-0.3, -0.25) is 14.4 Å². The predicted octanol–water partition coefficient (Wildman–Crippen LogP) is 6.69. The number of carbonyl (C=O) groups is 5. The average Bonchev–Trinajstić information content (AvgIpc) is 3.28. The van der Waals surface area contributed by atoms with E-state index in [9.17, 15) is 29.7 Å². The van der Waals surface area contributed by atoms with Gasteiger partial charge >= 0.3 is 18.1 Å². The second-order valence-electron chi connectivity index (χ2n) is 21.0. The van der Waals surface area contributed by atoms with Crippen molar-refractivity contribution in [3.05, 3.63) is 119 Å². The number of aliphatic hydroxyl groups excluding tert-OH is 1. The van der Waals surface area contributed by atoms with Gasteiger partial charge in [0.05, 0.1) is 30.3 Å². The zero-order valence-corrected chi connectivity index (χ0v) is 41.4. The maximum atomic E-state index is 15.7. The summed E-state index contributed by atoms with van der Waals surface area (Å²) in [5.41, 5.74) is -6.10. The minimum atomic E-state index is -2.89. The predicted molar refractivity (Wildman–Crippen MR) is 250 cm³/mol. The molecule has 366 valence electrons. The van der Waals surface area contributed by atoms with Crippen molar-refractivity contribution in [2.45, 2.75) is 147 Å². The van der Waals surface area contributed by atoms with E-state index in [0.29, 0.717) is 16.7 Å². The number of amides is 1. The maximum absolute atomic E-state index is 15.7. The van der Waals surface area contributed by atoms with Gasteiger partial charge < -0.3 is 48.7 Å². The Morgan fingerprint density at radius 2 is 1.47 bits per heavy atom. The number of ether oxygens (including phenoxy) is 5. The lowest BCUT2D eigenvalue weighted by Gasteiger charge is -2.66. The third-order valence-electron chi connectivity index (χ3n) is 15.6. The van der Waals surface area contributed by atoms with Gasteiger partial charge in [0.15, 0.2) is 26.3 Å². The van der Waals surface area contributed by atoms with Crippen molar-refractivity contribution < 1.29 is 67.4 Å². The number of nitrogens with one attached hydrogen (secondary N) is 1. The van der Waals surface area contributed by atoms with E-state index >= 15 is 9.59 Å². The minimum absolute atomic E-state index is 0.0474. The molecule has 3 fully saturated rings. The van der Waals surface area contributed by atoms with E-state index in [1.165, 1.54) is 6.92 Å². The zero-order chi connectivity index (χ0) is 49.8. The van der Waals surface area contributed by atoms with Gasteiger partial charge in [-0.25, -0.2) is 9.59 Å². The first-order valence-electron chi connectivity index (χ1n) is 23.1. The van der Waals surface area contributed by atoms with Crippen molar-refractivity contribution in [2.75, 3.05) is 6.61 Å². The number of ketones is 1. The lowest BCUT2D eigenvalue weighted by molar-refractivity contribution is -0.344.